The summed E-state index contributed by atoms with van der Waals surface area (Å²) in [6, 6.07) is 0. The summed E-state index contributed by atoms with van der Waals surface area (Å²) in [5.41, 5.74) is 2.87. The quantitative estimate of drug-likeness (QED) is 0.423. The van der Waals surface area contributed by atoms with Crippen LogP contribution in [-0.2, 0) is 0 Å². The van der Waals surface area contributed by atoms with Gasteiger partial charge in [0.25, 0.3) is 0 Å². The van der Waals surface area contributed by atoms with Crippen LogP contribution < -0.4 is 0 Å². The van der Waals surface area contributed by atoms with Crippen LogP contribution in [0.4, 0.5) is 0 Å². The lowest BCUT2D eigenvalue weighted by molar-refractivity contribution is 1.71. The summed E-state index contributed by atoms with van der Waals surface area (Å²) in [4.78, 5) is 0. The van der Waals surface area contributed by atoms with Crippen LogP contribution in [0, 0.1) is 0 Å². The molecule has 0 aliphatic carbocycles. The molecule has 0 aliphatic heterocycles. The standard InChI is InChI=1S/C9H11Cl/c1-3-5-6-8-9(10)7-4-2/h3-7H,1-2H3/b5-3+,7-4-. The molecule has 0 nitrogen and oxygen atoms in total. The number of halogens is 1. The van der Waals surface area contributed by atoms with Crippen LogP contribution in [0.15, 0.2) is 41.1 Å². The van der Waals surface area contributed by atoms with Crippen molar-refractivity contribution in [3.8, 4) is 0 Å². The SMILES string of the molecule is C/C=C\C(Cl)=C=C/C=C/C. The zero-order chi connectivity index (χ0) is 7.82. The van der Waals surface area contributed by atoms with E-state index in [-0.39, 0.29) is 0 Å². The molecule has 0 N–H and O–H groups in total. The minimum Gasteiger partial charge on any atom is -0.101 e. The van der Waals surface area contributed by atoms with Gasteiger partial charge in [-0.25, -0.2) is 0 Å². The Bertz CT molecular complexity index is 191. The second-order valence-electron chi connectivity index (χ2n) is 1.68. The van der Waals surface area contributed by atoms with E-state index < -0.39 is 0 Å². The van der Waals surface area contributed by atoms with E-state index in [4.69, 9.17) is 11.6 Å². The van der Waals surface area contributed by atoms with Gasteiger partial charge in [-0.1, -0.05) is 29.8 Å². The van der Waals surface area contributed by atoms with Crippen molar-refractivity contribution in [2.45, 2.75) is 13.8 Å². The van der Waals surface area contributed by atoms with Crippen molar-refractivity contribution >= 4 is 11.6 Å². The summed E-state index contributed by atoms with van der Waals surface area (Å²) in [6.45, 7) is 3.86. The zero-order valence-corrected chi connectivity index (χ0v) is 7.02. The molecule has 1 heteroatoms. The van der Waals surface area contributed by atoms with Crippen LogP contribution in [-0.4, -0.2) is 0 Å². The molecule has 10 heavy (non-hydrogen) atoms. The van der Waals surface area contributed by atoms with Crippen LogP contribution >= 0.6 is 11.6 Å². The number of hydrogen-bond acceptors (Lipinski definition) is 0. The third-order valence-corrected chi connectivity index (χ3v) is 1.06. The van der Waals surface area contributed by atoms with Crippen molar-refractivity contribution in [2.75, 3.05) is 0 Å². The lowest BCUT2D eigenvalue weighted by atomic mass is 10.4. The first-order valence-electron chi connectivity index (χ1n) is 3.17. The third kappa shape index (κ3) is 5.43. The van der Waals surface area contributed by atoms with E-state index in [1.807, 2.05) is 32.1 Å². The van der Waals surface area contributed by atoms with Crippen molar-refractivity contribution in [3.05, 3.63) is 41.1 Å². The molecule has 0 fully saturated rings. The molecule has 0 rings (SSSR count). The second kappa shape index (κ2) is 6.41. The van der Waals surface area contributed by atoms with E-state index in [9.17, 15) is 0 Å². The first-order chi connectivity index (χ1) is 4.81. The minimum absolute atomic E-state index is 0.626. The molecule has 0 heterocycles. The third-order valence-electron chi connectivity index (χ3n) is 0.823. The lowest BCUT2D eigenvalue weighted by Crippen LogP contribution is -1.54. The van der Waals surface area contributed by atoms with Gasteiger partial charge in [0.15, 0.2) is 0 Å². The van der Waals surface area contributed by atoms with Crippen LogP contribution in [0.2, 0.25) is 0 Å². The van der Waals surface area contributed by atoms with Crippen molar-refractivity contribution in [3.63, 3.8) is 0 Å². The van der Waals surface area contributed by atoms with E-state index >= 15 is 0 Å². The number of allylic oxidation sites excluding steroid dienone is 5. The molecule has 0 aliphatic rings. The monoisotopic (exact) mass is 154 g/mol. The largest absolute Gasteiger partial charge is 0.101 e. The summed E-state index contributed by atoms with van der Waals surface area (Å²) >= 11 is 5.67. The van der Waals surface area contributed by atoms with E-state index in [1.54, 1.807) is 12.2 Å². The fraction of sp³-hybridized carbons (Fsp3) is 0.222. The van der Waals surface area contributed by atoms with Crippen LogP contribution in [0.1, 0.15) is 13.8 Å². The highest BCUT2D eigenvalue weighted by atomic mass is 35.5. The Morgan fingerprint density at radius 1 is 1.30 bits per heavy atom. The van der Waals surface area contributed by atoms with Gasteiger partial charge in [0.05, 0.1) is 5.03 Å². The van der Waals surface area contributed by atoms with Crippen LogP contribution in [0.25, 0.3) is 0 Å². The predicted octanol–water partition coefficient (Wildman–Crippen LogP) is 3.42. The summed E-state index contributed by atoms with van der Waals surface area (Å²) in [5, 5.41) is 0.626. The van der Waals surface area contributed by atoms with Gasteiger partial charge in [0, 0.05) is 0 Å². The second-order valence-corrected chi connectivity index (χ2v) is 2.09. The fourth-order valence-corrected chi connectivity index (χ4v) is 0.607. The van der Waals surface area contributed by atoms with E-state index in [0.29, 0.717) is 5.03 Å². The maximum absolute atomic E-state index is 5.67. The Hall–Kier alpha value is -0.710. The molecule has 0 amide bonds. The molecule has 0 bridgehead atoms. The van der Waals surface area contributed by atoms with Gasteiger partial charge < -0.3 is 0 Å². The average molecular weight is 155 g/mol. The molecule has 54 valence electrons. The molecular formula is C9H11Cl. The van der Waals surface area contributed by atoms with Gasteiger partial charge in [-0.3, -0.25) is 0 Å². The smallest absolute Gasteiger partial charge is 0.0821 e. The zero-order valence-electron chi connectivity index (χ0n) is 6.26. The molecule has 0 radical (unpaired) electrons. The number of hydrogen-bond donors (Lipinski definition) is 0. The molecular weight excluding hydrogens is 144 g/mol. The topological polar surface area (TPSA) is 0 Å². The summed E-state index contributed by atoms with van der Waals surface area (Å²) in [5.74, 6) is 0. The fourth-order valence-electron chi connectivity index (χ4n) is 0.418. The first kappa shape index (κ1) is 9.29. The highest BCUT2D eigenvalue weighted by molar-refractivity contribution is 6.31. The maximum atomic E-state index is 5.67. The molecule has 0 saturated heterocycles. The van der Waals surface area contributed by atoms with Gasteiger partial charge in [-0.05, 0) is 26.0 Å². The molecule has 0 unspecified atom stereocenters. The van der Waals surface area contributed by atoms with Gasteiger partial charge >= 0.3 is 0 Å². The number of rotatable bonds is 2. The van der Waals surface area contributed by atoms with Crippen LogP contribution in [0.3, 0.4) is 0 Å². The molecule has 0 aromatic carbocycles. The van der Waals surface area contributed by atoms with Crippen molar-refractivity contribution in [1.29, 1.82) is 0 Å². The van der Waals surface area contributed by atoms with Crippen LogP contribution in [0.5, 0.6) is 0 Å². The summed E-state index contributed by atoms with van der Waals surface area (Å²) in [7, 11) is 0. The molecule has 0 spiro atoms. The summed E-state index contributed by atoms with van der Waals surface area (Å²) < 4.78 is 0. The Labute approximate surface area is 67.2 Å². The van der Waals surface area contributed by atoms with Gasteiger partial charge in [0.1, 0.15) is 0 Å². The lowest BCUT2D eigenvalue weighted by Gasteiger charge is -1.76. The Balaban J connectivity index is 4.14. The summed E-state index contributed by atoms with van der Waals surface area (Å²) in [6.07, 6.45) is 9.25. The normalized spacial score (nSPS) is 10.3. The Morgan fingerprint density at radius 2 is 2.00 bits per heavy atom. The first-order valence-corrected chi connectivity index (χ1v) is 3.55. The maximum Gasteiger partial charge on any atom is 0.0821 e. The van der Waals surface area contributed by atoms with Crippen molar-refractivity contribution in [1.82, 2.24) is 0 Å². The van der Waals surface area contributed by atoms with Gasteiger partial charge in [-0.15, -0.1) is 5.73 Å². The molecule has 0 atom stereocenters. The van der Waals surface area contributed by atoms with E-state index in [0.717, 1.165) is 0 Å². The van der Waals surface area contributed by atoms with E-state index in [2.05, 4.69) is 5.73 Å². The molecule has 0 aromatic rings. The highest BCUT2D eigenvalue weighted by Crippen LogP contribution is 1.99. The Kier molecular flexibility index (Phi) is 5.96. The molecule has 0 aromatic heterocycles. The van der Waals surface area contributed by atoms with Crippen molar-refractivity contribution < 1.29 is 0 Å². The minimum atomic E-state index is 0.626. The highest BCUT2D eigenvalue weighted by Gasteiger charge is 1.74. The Morgan fingerprint density at radius 3 is 2.50 bits per heavy atom. The molecule has 0 saturated carbocycles. The van der Waals surface area contributed by atoms with Crippen molar-refractivity contribution in [2.24, 2.45) is 0 Å². The average Bonchev–Trinajstić information content (AvgIpc) is 1.89. The predicted molar refractivity (Wildman–Crippen MR) is 47.1 cm³/mol. The van der Waals surface area contributed by atoms with E-state index in [1.165, 1.54) is 0 Å². The van der Waals surface area contributed by atoms with Gasteiger partial charge in [-0.2, -0.15) is 0 Å². The van der Waals surface area contributed by atoms with Gasteiger partial charge in [0.2, 0.25) is 0 Å².